The molecule has 1 aromatic heterocycles. The van der Waals surface area contributed by atoms with Crippen molar-refractivity contribution in [1.82, 2.24) is 0 Å². The van der Waals surface area contributed by atoms with Crippen LogP contribution in [0.5, 0.6) is 0 Å². The highest BCUT2D eigenvalue weighted by Gasteiger charge is 2.52. The molecule has 312 valence electrons. The maximum atomic E-state index is 15.4. The number of rotatable bonds is 6. The van der Waals surface area contributed by atoms with Crippen molar-refractivity contribution in [2.75, 3.05) is 0 Å². The van der Waals surface area contributed by atoms with E-state index in [9.17, 15) is 52.7 Å². The van der Waals surface area contributed by atoms with Gasteiger partial charge < -0.3 is 0 Å². The van der Waals surface area contributed by atoms with Crippen molar-refractivity contribution < 1.29 is 97.4 Å². The first-order valence-corrected chi connectivity index (χ1v) is 15.8. The zero-order valence-electron chi connectivity index (χ0n) is 28.6. The Kier molecular flexibility index (Phi) is 11.9. The second-order valence-electron chi connectivity index (χ2n) is 12.4. The lowest BCUT2D eigenvalue weighted by Crippen LogP contribution is -2.81. The molecule has 5 aromatic carbocycles. The Morgan fingerprint density at radius 3 is 0.847 bits per heavy atom. The summed E-state index contributed by atoms with van der Waals surface area (Å²) in [6, 6.07) is 10.3. The van der Waals surface area contributed by atoms with Crippen molar-refractivity contribution >= 4 is 38.8 Å². The van der Waals surface area contributed by atoms with Crippen molar-refractivity contribution in [2.45, 2.75) is 20.0 Å². The maximum Gasteiger partial charge on any atom is 0.230 e. The van der Waals surface area contributed by atoms with Crippen LogP contribution in [0, 0.1) is 116 Å². The van der Waals surface area contributed by atoms with E-state index in [0.29, 0.717) is 0 Å². The summed E-state index contributed by atoms with van der Waals surface area (Å²) in [7, 11) is 0. The minimum Gasteiger partial charge on any atom is -0.269 e. The minimum atomic E-state index is -7.22. The zero-order chi connectivity index (χ0) is 44.3. The van der Waals surface area contributed by atoms with E-state index in [2.05, 4.69) is 18.2 Å². The molecule has 0 unspecified atom stereocenters. The summed E-state index contributed by atoms with van der Waals surface area (Å²) in [5.74, 6) is -71.4. The summed E-state index contributed by atoms with van der Waals surface area (Å²) in [5.41, 5.74) is -14.3. The first-order chi connectivity index (χ1) is 27.5. The van der Waals surface area contributed by atoms with E-state index in [1.54, 1.807) is 4.73 Å². The summed E-state index contributed by atoms with van der Waals surface area (Å²) in [4.78, 5) is 5.54. The van der Waals surface area contributed by atoms with Crippen LogP contribution >= 0.6 is 0 Å². The number of fused-ring (bicyclic) bond motifs is 1. The van der Waals surface area contributed by atoms with Gasteiger partial charge in [0.1, 0.15) is 52.7 Å². The molecule has 6 rings (SSSR count). The van der Waals surface area contributed by atoms with Gasteiger partial charge in [-0.15, -0.1) is 21.9 Å². The number of hydrogen-bond donors (Lipinski definition) is 0. The third-order valence-corrected chi connectivity index (χ3v) is 8.70. The number of aromatic nitrogens is 1. The summed E-state index contributed by atoms with van der Waals surface area (Å²) in [6.07, 6.45) is -3.09. The summed E-state index contributed by atoms with van der Waals surface area (Å²) >= 11 is 0. The second-order valence-corrected chi connectivity index (χ2v) is 12.4. The smallest absolute Gasteiger partial charge is 0.230 e. The van der Waals surface area contributed by atoms with Crippen LogP contribution in [0.25, 0.3) is 10.8 Å². The Hall–Kier alpha value is -6.03. The van der Waals surface area contributed by atoms with Crippen LogP contribution < -0.4 is 31.4 Å². The van der Waals surface area contributed by atoms with Gasteiger partial charge in [0.05, 0.1) is 5.39 Å². The molecule has 0 atom stereocenters. The molecule has 0 aliphatic rings. The molecule has 59 heavy (non-hydrogen) atoms. The largest absolute Gasteiger partial charge is 0.269 e. The van der Waals surface area contributed by atoms with E-state index >= 15 is 35.1 Å². The van der Waals surface area contributed by atoms with Gasteiger partial charge in [-0.2, -0.15) is 0 Å². The molecule has 0 aliphatic heterocycles. The second kappa shape index (κ2) is 16.0. The Morgan fingerprint density at radius 1 is 0.356 bits per heavy atom. The van der Waals surface area contributed by atoms with Gasteiger partial charge in [0.15, 0.2) is 75.9 Å². The Bertz CT molecular complexity index is 2310. The number of halogens is 20. The summed E-state index contributed by atoms with van der Waals surface area (Å²) in [6.45, 7) is 4.03. The molecular weight excluding hydrogens is 853 g/mol. The number of benzene rings is 5. The monoisotopic (exact) mass is 867 g/mol. The zero-order valence-corrected chi connectivity index (χ0v) is 28.6. The standard InChI is InChI=1S/C24BF20.C12H14NO/c26-5-1(6(27)14(35)21(42)13(5)34)25(2-7(28)15(36)22(43)16(37)8(2)29,3-9(30)17(38)23(44)18(39)10(3)31)4-11(32)19(40)24(45)20(41)12(4)33;1-10(2)14-13-8-7-11-5-3-4-6-12(11)9-13/h;3-10H,1-2H3/q-1;+1. The van der Waals surface area contributed by atoms with Gasteiger partial charge in [0.25, 0.3) is 0 Å². The fourth-order valence-electron chi connectivity index (χ4n) is 6.30. The topological polar surface area (TPSA) is 13.1 Å². The highest BCUT2D eigenvalue weighted by molar-refractivity contribution is 7.20. The third kappa shape index (κ3) is 6.82. The van der Waals surface area contributed by atoms with Gasteiger partial charge >= 0.3 is 0 Å². The molecule has 2 nitrogen and oxygen atoms in total. The van der Waals surface area contributed by atoms with Crippen LogP contribution in [0.15, 0.2) is 42.7 Å². The molecule has 1 heterocycles. The number of hydrogen-bond acceptors (Lipinski definition) is 1. The average molecular weight is 867 g/mol. The fraction of sp³-hybridized carbons (Fsp3) is 0.0833. The fourth-order valence-corrected chi connectivity index (χ4v) is 6.30. The SMILES string of the molecule is CC(C)O[n+]1ccc2ccccc2c1.Fc1c(F)c(F)c([B-](c2c(F)c(F)c(F)c(F)c2F)(c2c(F)c(F)c(F)c(F)c2F)c2c(F)c(F)c(F)c(F)c2F)c(F)c1F. The molecule has 0 spiro atoms. The van der Waals surface area contributed by atoms with Gasteiger partial charge in [-0.05, 0) is 25.3 Å². The molecule has 0 saturated carbocycles. The van der Waals surface area contributed by atoms with Crippen LogP contribution in [0.3, 0.4) is 0 Å². The van der Waals surface area contributed by atoms with Crippen molar-refractivity contribution in [2.24, 2.45) is 0 Å². The summed E-state index contributed by atoms with van der Waals surface area (Å²) < 4.78 is 296. The van der Waals surface area contributed by atoms with Gasteiger partial charge in [0, 0.05) is 10.8 Å². The quantitative estimate of drug-likeness (QED) is 0.0548. The molecule has 0 fully saturated rings. The molecule has 6 aromatic rings. The van der Waals surface area contributed by atoms with Crippen LogP contribution in [0.1, 0.15) is 13.8 Å². The average Bonchev–Trinajstić information content (AvgIpc) is 3.20. The van der Waals surface area contributed by atoms with Gasteiger partial charge in [0.2, 0.25) is 12.4 Å². The van der Waals surface area contributed by atoms with Crippen LogP contribution in [-0.4, -0.2) is 12.2 Å². The Labute approximate surface area is 315 Å². The highest BCUT2D eigenvalue weighted by atomic mass is 19.2. The van der Waals surface area contributed by atoms with E-state index in [1.165, 1.54) is 10.8 Å². The lowest BCUT2D eigenvalue weighted by Gasteiger charge is -2.44. The predicted octanol–water partition coefficient (Wildman–Crippen LogP) is 7.81. The normalized spacial score (nSPS) is 11.7. The molecule has 0 aliphatic carbocycles. The molecule has 0 radical (unpaired) electrons. The Morgan fingerprint density at radius 2 is 0.593 bits per heavy atom. The van der Waals surface area contributed by atoms with Crippen molar-refractivity contribution in [3.63, 3.8) is 0 Å². The van der Waals surface area contributed by atoms with E-state index in [0.717, 1.165) is 0 Å². The number of pyridine rings is 1. The van der Waals surface area contributed by atoms with E-state index in [-0.39, 0.29) is 6.10 Å². The molecule has 23 heteroatoms. The highest BCUT2D eigenvalue weighted by Crippen LogP contribution is 2.30. The Balaban J connectivity index is 0.000000395. The molecular formula is C36H14BF20NO. The van der Waals surface area contributed by atoms with Crippen molar-refractivity contribution in [3.05, 3.63) is 159 Å². The van der Waals surface area contributed by atoms with Crippen LogP contribution in [-0.2, 0) is 0 Å². The van der Waals surface area contributed by atoms with Gasteiger partial charge in [-0.1, -0.05) is 18.2 Å². The summed E-state index contributed by atoms with van der Waals surface area (Å²) in [5, 5.41) is 2.42. The predicted molar refractivity (Wildman–Crippen MR) is 165 cm³/mol. The van der Waals surface area contributed by atoms with E-state index in [1.807, 2.05) is 38.4 Å². The van der Waals surface area contributed by atoms with Gasteiger partial charge in [-0.3, -0.25) is 4.84 Å². The third-order valence-electron chi connectivity index (χ3n) is 8.70. The number of nitrogens with zero attached hydrogens (tertiary/aromatic N) is 1. The molecule has 0 saturated heterocycles. The lowest BCUT2D eigenvalue weighted by atomic mass is 9.12. The lowest BCUT2D eigenvalue weighted by molar-refractivity contribution is -0.897. The van der Waals surface area contributed by atoms with Crippen LogP contribution in [0.2, 0.25) is 0 Å². The van der Waals surface area contributed by atoms with E-state index in [4.69, 9.17) is 4.84 Å². The molecule has 0 bridgehead atoms. The molecule has 0 amide bonds. The van der Waals surface area contributed by atoms with Crippen molar-refractivity contribution in [1.29, 1.82) is 0 Å². The van der Waals surface area contributed by atoms with Crippen LogP contribution in [0.4, 0.5) is 87.8 Å². The van der Waals surface area contributed by atoms with E-state index < -0.39 is 144 Å². The minimum absolute atomic E-state index is 0.196. The first kappa shape index (κ1) is 44.1. The van der Waals surface area contributed by atoms with Gasteiger partial charge in [-0.25, -0.2) is 87.8 Å². The maximum absolute atomic E-state index is 15.4. The molecule has 0 N–H and O–H groups in total. The first-order valence-electron chi connectivity index (χ1n) is 15.8. The van der Waals surface area contributed by atoms with Crippen molar-refractivity contribution in [3.8, 4) is 0 Å².